The number of non-ortho nitro benzene ring substituents is 1. The Balaban J connectivity index is 2.41. The third-order valence-electron chi connectivity index (χ3n) is 5.26. The maximum Gasteiger partial charge on any atom is 0.416 e. The highest BCUT2D eigenvalue weighted by Crippen LogP contribution is 2.36. The number of ether oxygens (including phenoxy) is 1. The maximum absolute atomic E-state index is 13.1. The Morgan fingerprint density at radius 3 is 1.95 bits per heavy atom. The van der Waals surface area contributed by atoms with Gasteiger partial charge in [0.2, 0.25) is 11.8 Å². The minimum Gasteiger partial charge on any atom is -0.466 e. The first kappa shape index (κ1) is 30.1. The highest BCUT2D eigenvalue weighted by molar-refractivity contribution is 5.89. The molecule has 0 bridgehead atoms. The van der Waals surface area contributed by atoms with Crippen LogP contribution in [0.1, 0.15) is 41.5 Å². The normalized spacial score (nSPS) is 13.3. The van der Waals surface area contributed by atoms with Gasteiger partial charge in [0, 0.05) is 18.1 Å². The molecule has 2 amide bonds. The minimum absolute atomic E-state index is 0.0451. The topological polar surface area (TPSA) is 142 Å². The number of benzene rings is 2. The number of hydrogen-bond donors (Lipinski definition) is 2. The predicted molar refractivity (Wildman–Crippen MR) is 118 cm³/mol. The number of halogens is 6. The number of carbonyl (C=O) groups excluding carboxylic acids is 3. The van der Waals surface area contributed by atoms with E-state index < -0.39 is 76.6 Å². The van der Waals surface area contributed by atoms with Crippen LogP contribution in [0.4, 0.5) is 32.0 Å². The first-order valence-corrected chi connectivity index (χ1v) is 10.8. The Bertz CT molecular complexity index is 1170. The van der Waals surface area contributed by atoms with Crippen molar-refractivity contribution in [1.29, 1.82) is 0 Å². The van der Waals surface area contributed by atoms with E-state index in [1.165, 1.54) is 19.1 Å². The summed E-state index contributed by atoms with van der Waals surface area (Å²) in [5, 5.41) is 13.1. The number of hydrogen-bond acceptors (Lipinski definition) is 6. The van der Waals surface area contributed by atoms with E-state index in [1.807, 2.05) is 0 Å². The molecule has 0 aliphatic heterocycles. The second kappa shape index (κ2) is 11.9. The lowest BCUT2D eigenvalue weighted by Gasteiger charge is -2.25. The predicted octanol–water partition coefficient (Wildman–Crippen LogP) is 3.88. The number of esters is 1. The molecular weight excluding hydrogens is 528 g/mol. The average molecular weight is 549 g/mol. The number of primary amides is 1. The van der Waals surface area contributed by atoms with E-state index in [-0.39, 0.29) is 23.9 Å². The number of carbonyl (C=O) groups is 3. The fourth-order valence-corrected chi connectivity index (χ4v) is 3.57. The largest absolute Gasteiger partial charge is 0.466 e. The van der Waals surface area contributed by atoms with E-state index >= 15 is 0 Å². The van der Waals surface area contributed by atoms with Gasteiger partial charge in [-0.3, -0.25) is 24.5 Å². The molecule has 0 aromatic heterocycles. The van der Waals surface area contributed by atoms with Crippen molar-refractivity contribution in [3.8, 4) is 0 Å². The molecule has 2 aromatic carbocycles. The zero-order valence-electron chi connectivity index (χ0n) is 19.6. The van der Waals surface area contributed by atoms with Gasteiger partial charge in [-0.2, -0.15) is 26.3 Å². The van der Waals surface area contributed by atoms with E-state index in [0.29, 0.717) is 12.1 Å². The molecule has 38 heavy (non-hydrogen) atoms. The second-order valence-corrected chi connectivity index (χ2v) is 8.00. The smallest absolute Gasteiger partial charge is 0.416 e. The van der Waals surface area contributed by atoms with Gasteiger partial charge < -0.3 is 15.8 Å². The van der Waals surface area contributed by atoms with Crippen LogP contribution < -0.4 is 11.1 Å². The number of nitrogens with one attached hydrogen (secondary N) is 1. The van der Waals surface area contributed by atoms with E-state index in [4.69, 9.17) is 10.5 Å². The first-order valence-electron chi connectivity index (χ1n) is 10.8. The molecule has 0 saturated carbocycles. The van der Waals surface area contributed by atoms with Crippen molar-refractivity contribution in [1.82, 2.24) is 5.32 Å². The van der Waals surface area contributed by atoms with Gasteiger partial charge in [-0.25, -0.2) is 0 Å². The summed E-state index contributed by atoms with van der Waals surface area (Å²) in [5.74, 6) is -4.42. The second-order valence-electron chi connectivity index (χ2n) is 8.00. The van der Waals surface area contributed by atoms with Crippen LogP contribution >= 0.6 is 0 Å². The summed E-state index contributed by atoms with van der Waals surface area (Å²) in [6.45, 7) is 1.45. The quantitative estimate of drug-likeness (QED) is 0.199. The van der Waals surface area contributed by atoms with Gasteiger partial charge in [0.25, 0.3) is 5.69 Å². The highest BCUT2D eigenvalue weighted by Gasteiger charge is 2.37. The summed E-state index contributed by atoms with van der Waals surface area (Å²) in [4.78, 5) is 47.3. The molecule has 0 heterocycles. The van der Waals surface area contributed by atoms with Crippen molar-refractivity contribution >= 4 is 23.5 Å². The standard InChI is InChI=1S/C23H21F6N3O6/c1-2-38-19(34)11-17(13-3-5-16(6-4-13)32(36)37)20(21(30)35)31-18(33)9-12-7-14(22(24,25)26)10-15(8-12)23(27,28)29/h3-8,10,17,20H,2,9,11H2,1H3,(H2,30,35)(H,31,33)/t17-,20-/m1/s1. The van der Waals surface area contributed by atoms with Crippen LogP contribution in [0.5, 0.6) is 0 Å². The number of rotatable bonds is 10. The van der Waals surface area contributed by atoms with Crippen molar-refractivity contribution in [3.63, 3.8) is 0 Å². The van der Waals surface area contributed by atoms with Gasteiger partial charge in [0.15, 0.2) is 0 Å². The summed E-state index contributed by atoms with van der Waals surface area (Å²) in [6, 6.07) is 3.47. The molecule has 0 radical (unpaired) electrons. The fourth-order valence-electron chi connectivity index (χ4n) is 3.57. The lowest BCUT2D eigenvalue weighted by atomic mass is 9.87. The molecule has 2 aromatic rings. The first-order chi connectivity index (χ1) is 17.5. The van der Waals surface area contributed by atoms with Crippen LogP contribution in [0.2, 0.25) is 0 Å². The Morgan fingerprint density at radius 2 is 1.53 bits per heavy atom. The Morgan fingerprint density at radius 1 is 1.00 bits per heavy atom. The molecule has 0 aliphatic carbocycles. The van der Waals surface area contributed by atoms with Crippen LogP contribution in [0, 0.1) is 10.1 Å². The zero-order valence-corrected chi connectivity index (χ0v) is 19.6. The molecule has 0 unspecified atom stereocenters. The van der Waals surface area contributed by atoms with Crippen LogP contribution in [-0.2, 0) is 37.9 Å². The van der Waals surface area contributed by atoms with Crippen molar-refractivity contribution in [2.24, 2.45) is 5.73 Å². The zero-order chi connectivity index (χ0) is 28.8. The molecule has 0 saturated heterocycles. The minimum atomic E-state index is -5.14. The summed E-state index contributed by atoms with van der Waals surface area (Å²) in [7, 11) is 0. The van der Waals surface area contributed by atoms with Crippen LogP contribution in [0.3, 0.4) is 0 Å². The lowest BCUT2D eigenvalue weighted by molar-refractivity contribution is -0.384. The van der Waals surface area contributed by atoms with Gasteiger partial charge >= 0.3 is 18.3 Å². The third kappa shape index (κ3) is 8.18. The average Bonchev–Trinajstić information content (AvgIpc) is 2.80. The molecule has 0 aliphatic rings. The number of nitrogens with two attached hydrogens (primary N) is 1. The summed E-state index contributed by atoms with van der Waals surface area (Å²) in [5.41, 5.74) is 1.30. The van der Waals surface area contributed by atoms with E-state index in [1.54, 1.807) is 0 Å². The van der Waals surface area contributed by atoms with Gasteiger partial charge in [-0.1, -0.05) is 12.1 Å². The number of nitro benzene ring substituents is 1. The highest BCUT2D eigenvalue weighted by atomic mass is 19.4. The summed E-state index contributed by atoms with van der Waals surface area (Å²) < 4.78 is 83.6. The number of nitrogens with zero attached hydrogens (tertiary/aromatic N) is 1. The molecule has 15 heteroatoms. The summed E-state index contributed by atoms with van der Waals surface area (Å²) in [6.07, 6.45) is -11.8. The van der Waals surface area contributed by atoms with E-state index in [2.05, 4.69) is 5.32 Å². The monoisotopic (exact) mass is 549 g/mol. The molecular formula is C23H21F6N3O6. The number of nitro groups is 1. The lowest BCUT2D eigenvalue weighted by Crippen LogP contribution is -2.49. The van der Waals surface area contributed by atoms with Crippen LogP contribution in [0.15, 0.2) is 42.5 Å². The fraction of sp³-hybridized carbons (Fsp3) is 0.348. The third-order valence-corrected chi connectivity index (χ3v) is 5.26. The molecule has 0 spiro atoms. The van der Waals surface area contributed by atoms with Crippen molar-refractivity contribution in [2.45, 2.75) is 44.1 Å². The number of amides is 2. The Kier molecular flexibility index (Phi) is 9.43. The number of alkyl halides is 6. The van der Waals surface area contributed by atoms with Crippen molar-refractivity contribution in [2.75, 3.05) is 6.61 Å². The molecule has 2 atom stereocenters. The SMILES string of the molecule is CCOC(=O)C[C@H](c1ccc([N+](=O)[O-])cc1)[C@@H](NC(=O)Cc1cc(C(F)(F)F)cc(C(F)(F)F)c1)C(N)=O. The van der Waals surface area contributed by atoms with Gasteiger partial charge in [0.05, 0.1) is 35.5 Å². The molecule has 0 fully saturated rings. The van der Waals surface area contributed by atoms with Crippen LogP contribution in [-0.4, -0.2) is 35.4 Å². The maximum atomic E-state index is 13.1. The Labute approximate surface area is 211 Å². The van der Waals surface area contributed by atoms with Crippen molar-refractivity contribution in [3.05, 3.63) is 74.8 Å². The van der Waals surface area contributed by atoms with Gasteiger partial charge in [-0.05, 0) is 36.2 Å². The molecule has 3 N–H and O–H groups in total. The van der Waals surface area contributed by atoms with Gasteiger partial charge in [0.1, 0.15) is 6.04 Å². The molecule has 206 valence electrons. The van der Waals surface area contributed by atoms with E-state index in [9.17, 15) is 50.8 Å². The summed E-state index contributed by atoms with van der Waals surface area (Å²) >= 11 is 0. The van der Waals surface area contributed by atoms with Crippen LogP contribution in [0.25, 0.3) is 0 Å². The molecule has 2 rings (SSSR count). The van der Waals surface area contributed by atoms with Gasteiger partial charge in [-0.15, -0.1) is 0 Å². The molecule has 9 nitrogen and oxygen atoms in total. The Hall–Kier alpha value is -4.17. The van der Waals surface area contributed by atoms with E-state index in [0.717, 1.165) is 12.1 Å². The van der Waals surface area contributed by atoms with Crippen molar-refractivity contribution < 1.29 is 50.4 Å².